The van der Waals surface area contributed by atoms with Crippen LogP contribution in [0.15, 0.2) is 47.8 Å². The molecule has 0 saturated carbocycles. The highest BCUT2D eigenvalue weighted by Crippen LogP contribution is 2.32. The first-order valence-electron chi connectivity index (χ1n) is 9.43. The van der Waals surface area contributed by atoms with E-state index in [1.165, 1.54) is 0 Å². The predicted octanol–water partition coefficient (Wildman–Crippen LogP) is 4.15. The van der Waals surface area contributed by atoms with Crippen LogP contribution in [0.2, 0.25) is 0 Å². The van der Waals surface area contributed by atoms with Crippen molar-refractivity contribution in [2.24, 2.45) is 0 Å². The van der Waals surface area contributed by atoms with Crippen LogP contribution in [0.25, 0.3) is 10.6 Å². The summed E-state index contributed by atoms with van der Waals surface area (Å²) in [5, 5.41) is 5.94. The zero-order chi connectivity index (χ0) is 20.2. The topological polar surface area (TPSA) is 69.7 Å². The Morgan fingerprint density at radius 1 is 1.17 bits per heavy atom. The molecule has 0 unspecified atom stereocenters. The highest BCUT2D eigenvalue weighted by atomic mass is 32.1. The third-order valence-corrected chi connectivity index (χ3v) is 5.54. The molecular weight excluding hydrogens is 388 g/mol. The van der Waals surface area contributed by atoms with Crippen molar-refractivity contribution in [1.82, 2.24) is 10.3 Å². The molecule has 0 radical (unpaired) electrons. The van der Waals surface area contributed by atoms with Crippen LogP contribution in [0, 0.1) is 6.92 Å². The Hall–Kier alpha value is -3.06. The molecule has 1 amide bonds. The van der Waals surface area contributed by atoms with Gasteiger partial charge in [-0.3, -0.25) is 4.79 Å². The molecule has 0 aliphatic carbocycles. The van der Waals surface area contributed by atoms with Gasteiger partial charge in [0.25, 0.3) is 5.91 Å². The van der Waals surface area contributed by atoms with Gasteiger partial charge >= 0.3 is 0 Å². The van der Waals surface area contributed by atoms with E-state index in [1.807, 2.05) is 61.7 Å². The van der Waals surface area contributed by atoms with E-state index in [2.05, 4.69) is 10.3 Å². The average molecular weight is 410 g/mol. The van der Waals surface area contributed by atoms with Crippen LogP contribution in [0.1, 0.15) is 24.2 Å². The fraction of sp³-hybridized carbons (Fsp3) is 0.273. The first-order valence-corrected chi connectivity index (χ1v) is 10.3. The fourth-order valence-electron chi connectivity index (χ4n) is 3.02. The van der Waals surface area contributed by atoms with Gasteiger partial charge < -0.3 is 19.5 Å². The highest BCUT2D eigenvalue weighted by molar-refractivity contribution is 7.13. The predicted molar refractivity (Wildman–Crippen MR) is 112 cm³/mol. The third kappa shape index (κ3) is 4.68. The lowest BCUT2D eigenvalue weighted by Gasteiger charge is -2.21. The van der Waals surface area contributed by atoms with Gasteiger partial charge in [0, 0.05) is 16.6 Å². The van der Waals surface area contributed by atoms with Crippen molar-refractivity contribution in [3.8, 4) is 27.8 Å². The van der Waals surface area contributed by atoms with Gasteiger partial charge in [-0.25, -0.2) is 4.98 Å². The fourth-order valence-corrected chi connectivity index (χ4v) is 3.83. The van der Waals surface area contributed by atoms with Crippen molar-refractivity contribution in [3.63, 3.8) is 0 Å². The first-order chi connectivity index (χ1) is 14.1. The number of rotatable bonds is 6. The molecule has 7 heteroatoms. The average Bonchev–Trinajstić information content (AvgIpc) is 3.18. The van der Waals surface area contributed by atoms with E-state index >= 15 is 0 Å². The van der Waals surface area contributed by atoms with Gasteiger partial charge in [-0.15, -0.1) is 11.3 Å². The minimum Gasteiger partial charge on any atom is -0.486 e. The molecule has 150 valence electrons. The molecule has 1 aromatic heterocycles. The summed E-state index contributed by atoms with van der Waals surface area (Å²) in [6.45, 7) is 4.94. The Morgan fingerprint density at radius 2 is 1.93 bits per heavy atom. The molecular formula is C22H22N2O4S. The van der Waals surface area contributed by atoms with Crippen LogP contribution in [0.4, 0.5) is 0 Å². The zero-order valence-corrected chi connectivity index (χ0v) is 17.1. The molecule has 2 heterocycles. The van der Waals surface area contributed by atoms with Gasteiger partial charge in [0.15, 0.2) is 18.1 Å². The van der Waals surface area contributed by atoms with Gasteiger partial charge in [0.05, 0.1) is 6.04 Å². The summed E-state index contributed by atoms with van der Waals surface area (Å²) in [6, 6.07) is 13.1. The first kappa shape index (κ1) is 19.3. The van der Waals surface area contributed by atoms with Gasteiger partial charge in [-0.1, -0.05) is 6.07 Å². The molecule has 6 nitrogen and oxygen atoms in total. The lowest BCUT2D eigenvalue weighted by molar-refractivity contribution is -0.123. The quantitative estimate of drug-likeness (QED) is 0.661. The number of benzene rings is 2. The number of nitrogens with zero attached hydrogens (tertiary/aromatic N) is 1. The van der Waals surface area contributed by atoms with Crippen molar-refractivity contribution in [3.05, 3.63) is 59.1 Å². The minimum absolute atomic E-state index is 0.0510. The molecule has 0 bridgehead atoms. The molecule has 1 N–H and O–H groups in total. The smallest absolute Gasteiger partial charge is 0.258 e. The summed E-state index contributed by atoms with van der Waals surface area (Å²) in [6.07, 6.45) is 0. The second-order valence-corrected chi connectivity index (χ2v) is 7.66. The normalized spacial score (nSPS) is 13.6. The number of carbonyl (C=O) groups excluding carboxylic acids is 1. The minimum atomic E-state index is -0.188. The molecule has 1 aliphatic heterocycles. The summed E-state index contributed by atoms with van der Waals surface area (Å²) in [7, 11) is 0. The Morgan fingerprint density at radius 3 is 2.66 bits per heavy atom. The summed E-state index contributed by atoms with van der Waals surface area (Å²) in [5.74, 6) is 1.90. The number of nitrogens with one attached hydrogen (secondary N) is 1. The van der Waals surface area contributed by atoms with E-state index in [0.29, 0.717) is 24.7 Å². The van der Waals surface area contributed by atoms with E-state index < -0.39 is 0 Å². The van der Waals surface area contributed by atoms with Gasteiger partial charge in [-0.05, 0) is 55.8 Å². The maximum absolute atomic E-state index is 12.3. The van der Waals surface area contributed by atoms with Crippen molar-refractivity contribution in [2.45, 2.75) is 19.9 Å². The van der Waals surface area contributed by atoms with Crippen LogP contribution in [-0.4, -0.2) is 30.7 Å². The Balaban J connectivity index is 1.30. The van der Waals surface area contributed by atoms with Crippen LogP contribution >= 0.6 is 11.3 Å². The molecule has 0 spiro atoms. The molecule has 3 aromatic rings. The Labute approximate surface area is 173 Å². The Kier molecular flexibility index (Phi) is 5.67. The highest BCUT2D eigenvalue weighted by Gasteiger charge is 2.16. The SMILES string of the molecule is Cc1csc(-c2ccc(OCC(=O)N[C@H](C)c3ccc4c(c3)OCCO4)cc2)n1. The van der Waals surface area contributed by atoms with Crippen LogP contribution < -0.4 is 19.5 Å². The number of ether oxygens (including phenoxy) is 3. The monoisotopic (exact) mass is 410 g/mol. The number of aromatic nitrogens is 1. The van der Waals surface area contributed by atoms with E-state index in [4.69, 9.17) is 14.2 Å². The maximum atomic E-state index is 12.3. The summed E-state index contributed by atoms with van der Waals surface area (Å²) in [5.41, 5.74) is 2.99. The van der Waals surface area contributed by atoms with E-state index in [9.17, 15) is 4.79 Å². The van der Waals surface area contributed by atoms with Crippen LogP contribution in [0.3, 0.4) is 0 Å². The molecule has 4 rings (SSSR count). The van der Waals surface area contributed by atoms with Gasteiger partial charge in [0.2, 0.25) is 0 Å². The van der Waals surface area contributed by atoms with Crippen LogP contribution in [-0.2, 0) is 4.79 Å². The van der Waals surface area contributed by atoms with Gasteiger partial charge in [-0.2, -0.15) is 0 Å². The number of fused-ring (bicyclic) bond motifs is 1. The van der Waals surface area contributed by atoms with Crippen molar-refractivity contribution >= 4 is 17.2 Å². The van der Waals surface area contributed by atoms with E-state index in [-0.39, 0.29) is 18.6 Å². The molecule has 1 atom stereocenters. The summed E-state index contributed by atoms with van der Waals surface area (Å²) in [4.78, 5) is 16.7. The van der Waals surface area contributed by atoms with E-state index in [1.54, 1.807) is 11.3 Å². The molecule has 2 aromatic carbocycles. The lowest BCUT2D eigenvalue weighted by Crippen LogP contribution is -2.31. The largest absolute Gasteiger partial charge is 0.486 e. The van der Waals surface area contributed by atoms with Crippen LogP contribution in [0.5, 0.6) is 17.2 Å². The molecule has 0 fully saturated rings. The van der Waals surface area contributed by atoms with Crippen molar-refractivity contribution in [2.75, 3.05) is 19.8 Å². The standard InChI is InChI=1S/C22H22N2O4S/c1-14-13-29-22(23-14)16-3-6-18(7-4-16)28-12-21(25)24-15(2)17-5-8-19-20(11-17)27-10-9-26-19/h3-8,11,13,15H,9-10,12H2,1-2H3,(H,24,25)/t15-/m1/s1. The summed E-state index contributed by atoms with van der Waals surface area (Å²) >= 11 is 1.61. The molecule has 1 aliphatic rings. The van der Waals surface area contributed by atoms with Crippen molar-refractivity contribution < 1.29 is 19.0 Å². The van der Waals surface area contributed by atoms with Gasteiger partial charge in [0.1, 0.15) is 24.0 Å². The second-order valence-electron chi connectivity index (χ2n) is 6.80. The zero-order valence-electron chi connectivity index (χ0n) is 16.3. The number of aryl methyl sites for hydroxylation is 1. The summed E-state index contributed by atoms with van der Waals surface area (Å²) < 4.78 is 16.7. The van der Waals surface area contributed by atoms with E-state index in [0.717, 1.165) is 27.6 Å². The number of thiazole rings is 1. The lowest BCUT2D eigenvalue weighted by atomic mass is 10.1. The molecule has 0 saturated heterocycles. The second kappa shape index (κ2) is 8.53. The number of hydrogen-bond donors (Lipinski definition) is 1. The number of amides is 1. The number of hydrogen-bond acceptors (Lipinski definition) is 6. The van der Waals surface area contributed by atoms with Crippen molar-refractivity contribution in [1.29, 1.82) is 0 Å². The molecule has 29 heavy (non-hydrogen) atoms. The maximum Gasteiger partial charge on any atom is 0.258 e. The third-order valence-electron chi connectivity index (χ3n) is 4.53. The number of carbonyl (C=O) groups is 1. The Bertz CT molecular complexity index is 1000.